The predicted molar refractivity (Wildman–Crippen MR) is 87.8 cm³/mol. The first kappa shape index (κ1) is 14.1. The molecule has 0 atom stereocenters. The molecule has 5 heteroatoms. The van der Waals surface area contributed by atoms with E-state index in [1.807, 2.05) is 42.6 Å². The molecule has 0 fully saturated rings. The zero-order valence-electron chi connectivity index (χ0n) is 12.2. The summed E-state index contributed by atoms with van der Waals surface area (Å²) in [6.45, 7) is 1.65. The summed E-state index contributed by atoms with van der Waals surface area (Å²) in [4.78, 5) is 10.9. The third-order valence-corrected chi connectivity index (χ3v) is 3.42. The minimum absolute atomic E-state index is 0.253. The average Bonchev–Trinajstić information content (AvgIpc) is 2.57. The highest BCUT2D eigenvalue weighted by atomic mass is 16.3. The van der Waals surface area contributed by atoms with Gasteiger partial charge in [0.1, 0.15) is 5.75 Å². The average molecular weight is 294 g/mol. The van der Waals surface area contributed by atoms with Crippen LogP contribution in [0.15, 0.2) is 65.9 Å². The van der Waals surface area contributed by atoms with E-state index in [0.717, 1.165) is 36.9 Å². The smallest absolute Gasteiger partial charge is 0.203 e. The molecule has 1 aliphatic heterocycles. The lowest BCUT2D eigenvalue weighted by Crippen LogP contribution is -2.39. The predicted octanol–water partition coefficient (Wildman–Crippen LogP) is 2.63. The van der Waals surface area contributed by atoms with Crippen molar-refractivity contribution in [3.63, 3.8) is 0 Å². The molecule has 0 unspecified atom stereocenters. The normalized spacial score (nSPS) is 13.8. The summed E-state index contributed by atoms with van der Waals surface area (Å²) < 4.78 is 0. The minimum atomic E-state index is 0.253. The van der Waals surface area contributed by atoms with E-state index in [-0.39, 0.29) is 5.75 Å². The highest BCUT2D eigenvalue weighted by Gasteiger charge is 2.13. The Balaban J connectivity index is 1.64. The zero-order chi connectivity index (χ0) is 15.2. The van der Waals surface area contributed by atoms with Gasteiger partial charge in [-0.1, -0.05) is 6.07 Å². The number of anilines is 1. The van der Waals surface area contributed by atoms with Crippen molar-refractivity contribution in [3.8, 4) is 5.75 Å². The number of phenolic OH excluding ortho intramolecular Hbond substituents is 1. The Labute approximate surface area is 129 Å². The van der Waals surface area contributed by atoms with Crippen LogP contribution in [0.4, 0.5) is 5.69 Å². The second-order valence-corrected chi connectivity index (χ2v) is 5.03. The van der Waals surface area contributed by atoms with Gasteiger partial charge in [0.25, 0.3) is 0 Å². The fourth-order valence-electron chi connectivity index (χ4n) is 2.24. The van der Waals surface area contributed by atoms with Crippen LogP contribution in [0.25, 0.3) is 0 Å². The van der Waals surface area contributed by atoms with Gasteiger partial charge in [-0.25, -0.2) is 4.99 Å². The van der Waals surface area contributed by atoms with Gasteiger partial charge in [-0.15, -0.1) is 0 Å². The van der Waals surface area contributed by atoms with Crippen molar-refractivity contribution in [2.45, 2.75) is 6.42 Å². The molecule has 2 N–H and O–H groups in total. The van der Waals surface area contributed by atoms with Crippen LogP contribution in [0.2, 0.25) is 0 Å². The van der Waals surface area contributed by atoms with E-state index in [1.165, 1.54) is 0 Å². The number of hydrogen-bond acceptors (Lipinski definition) is 5. The van der Waals surface area contributed by atoms with Crippen molar-refractivity contribution in [1.29, 1.82) is 0 Å². The maximum Gasteiger partial charge on any atom is 0.203 e. The van der Waals surface area contributed by atoms with Crippen LogP contribution >= 0.6 is 0 Å². The molecule has 2 aromatic rings. The van der Waals surface area contributed by atoms with Crippen molar-refractivity contribution in [1.82, 2.24) is 9.88 Å². The number of nitrogens with one attached hydrogen (secondary N) is 1. The zero-order valence-corrected chi connectivity index (χ0v) is 12.2. The van der Waals surface area contributed by atoms with Crippen LogP contribution in [0, 0.1) is 0 Å². The Hall–Kier alpha value is -2.82. The second kappa shape index (κ2) is 6.76. The number of aromatic hydroxyl groups is 1. The van der Waals surface area contributed by atoms with Crippen molar-refractivity contribution >= 4 is 11.6 Å². The summed E-state index contributed by atoms with van der Waals surface area (Å²) in [6.07, 6.45) is 6.51. The summed E-state index contributed by atoms with van der Waals surface area (Å²) in [7, 11) is 0. The van der Waals surface area contributed by atoms with Crippen molar-refractivity contribution in [2.75, 3.05) is 18.4 Å². The minimum Gasteiger partial charge on any atom is -0.508 e. The van der Waals surface area contributed by atoms with Gasteiger partial charge in [0, 0.05) is 43.3 Å². The summed E-state index contributed by atoms with van der Waals surface area (Å²) in [6, 6.07) is 12.9. The number of aliphatic imine (C=N–C) groups is 1. The Morgan fingerprint density at radius 1 is 1.14 bits per heavy atom. The van der Waals surface area contributed by atoms with Gasteiger partial charge in [0.05, 0.1) is 0 Å². The van der Waals surface area contributed by atoms with Gasteiger partial charge < -0.3 is 15.3 Å². The summed E-state index contributed by atoms with van der Waals surface area (Å²) in [5.74, 6) is 1.06. The Morgan fingerprint density at radius 2 is 2.00 bits per heavy atom. The molecule has 0 saturated heterocycles. The standard InChI is InChI=1S/C17H18N4O/c22-16-7-5-15(6-8-16)20-17-19-11-3-12-21(17)13-9-14-4-1-2-10-18-14/h1-8,10-11,22H,9,12-13H2,(H,19,20). The van der Waals surface area contributed by atoms with E-state index in [9.17, 15) is 5.11 Å². The molecule has 0 aliphatic carbocycles. The molecule has 112 valence electrons. The largest absolute Gasteiger partial charge is 0.508 e. The third-order valence-electron chi connectivity index (χ3n) is 3.42. The van der Waals surface area contributed by atoms with Gasteiger partial charge in [-0.05, 0) is 42.5 Å². The lowest BCUT2D eigenvalue weighted by Gasteiger charge is -2.27. The van der Waals surface area contributed by atoms with Crippen molar-refractivity contribution < 1.29 is 5.11 Å². The number of nitrogens with zero attached hydrogens (tertiary/aromatic N) is 3. The van der Waals surface area contributed by atoms with E-state index >= 15 is 0 Å². The number of pyridine rings is 1. The Bertz CT molecular complexity index is 665. The molecule has 0 spiro atoms. The van der Waals surface area contributed by atoms with Crippen LogP contribution in [0.1, 0.15) is 5.69 Å². The quantitative estimate of drug-likeness (QED) is 0.851. The van der Waals surface area contributed by atoms with Gasteiger partial charge in [-0.3, -0.25) is 4.98 Å². The highest BCUT2D eigenvalue weighted by molar-refractivity contribution is 5.94. The number of hydrogen-bond donors (Lipinski definition) is 2. The van der Waals surface area contributed by atoms with E-state index in [0.29, 0.717) is 0 Å². The maximum absolute atomic E-state index is 9.34. The van der Waals surface area contributed by atoms with Crippen molar-refractivity contribution in [2.24, 2.45) is 4.99 Å². The fourth-order valence-corrected chi connectivity index (χ4v) is 2.24. The lowest BCUT2D eigenvalue weighted by molar-refractivity contribution is 0.456. The lowest BCUT2D eigenvalue weighted by atomic mass is 10.2. The first-order valence-corrected chi connectivity index (χ1v) is 7.25. The number of aromatic nitrogens is 1. The van der Waals surface area contributed by atoms with Crippen molar-refractivity contribution in [3.05, 3.63) is 66.6 Å². The number of phenols is 1. The van der Waals surface area contributed by atoms with Gasteiger partial charge in [0.15, 0.2) is 0 Å². The second-order valence-electron chi connectivity index (χ2n) is 5.03. The molecule has 2 heterocycles. The SMILES string of the molecule is Oc1ccc(NC2=NC=CCN2CCc2ccccn2)cc1. The molecule has 1 aromatic carbocycles. The molecule has 0 saturated carbocycles. The van der Waals surface area contributed by atoms with Crippen LogP contribution in [-0.4, -0.2) is 34.0 Å². The van der Waals surface area contributed by atoms with Gasteiger partial charge >= 0.3 is 0 Å². The molecule has 0 amide bonds. The van der Waals surface area contributed by atoms with E-state index in [2.05, 4.69) is 20.2 Å². The van der Waals surface area contributed by atoms with Gasteiger partial charge in [0.2, 0.25) is 5.96 Å². The molecule has 22 heavy (non-hydrogen) atoms. The highest BCUT2D eigenvalue weighted by Crippen LogP contribution is 2.15. The first-order valence-electron chi connectivity index (χ1n) is 7.25. The van der Waals surface area contributed by atoms with E-state index in [4.69, 9.17) is 0 Å². The molecular weight excluding hydrogens is 276 g/mol. The van der Waals surface area contributed by atoms with Crippen LogP contribution in [-0.2, 0) is 6.42 Å². The molecular formula is C17H18N4O. The van der Waals surface area contributed by atoms with Crippen LogP contribution in [0.5, 0.6) is 5.75 Å². The van der Waals surface area contributed by atoms with E-state index in [1.54, 1.807) is 18.3 Å². The Kier molecular flexibility index (Phi) is 4.34. The summed E-state index contributed by atoms with van der Waals surface area (Å²) >= 11 is 0. The first-order chi connectivity index (χ1) is 10.8. The van der Waals surface area contributed by atoms with Crippen LogP contribution < -0.4 is 5.32 Å². The molecule has 0 bridgehead atoms. The molecule has 1 aliphatic rings. The van der Waals surface area contributed by atoms with E-state index < -0.39 is 0 Å². The maximum atomic E-state index is 9.34. The molecule has 0 radical (unpaired) electrons. The number of rotatable bonds is 4. The molecule has 5 nitrogen and oxygen atoms in total. The topological polar surface area (TPSA) is 60.8 Å². The monoisotopic (exact) mass is 294 g/mol. The number of guanidine groups is 1. The summed E-state index contributed by atoms with van der Waals surface area (Å²) in [5.41, 5.74) is 1.97. The molecule has 1 aromatic heterocycles. The third kappa shape index (κ3) is 3.63. The Morgan fingerprint density at radius 3 is 2.77 bits per heavy atom. The molecule has 3 rings (SSSR count). The fraction of sp³-hybridized carbons (Fsp3) is 0.176. The van der Waals surface area contributed by atoms with Crippen LogP contribution in [0.3, 0.4) is 0 Å². The number of benzene rings is 1. The van der Waals surface area contributed by atoms with Gasteiger partial charge in [-0.2, -0.15) is 0 Å². The summed E-state index contributed by atoms with van der Waals surface area (Å²) in [5, 5.41) is 12.6.